The van der Waals surface area contributed by atoms with Crippen molar-refractivity contribution in [3.05, 3.63) is 93.0 Å². The topological polar surface area (TPSA) is 90.7 Å². The number of nitrogens with one attached hydrogen (secondary N) is 1. The number of nitrogens with zero attached hydrogens (tertiary/aromatic N) is 1. The van der Waals surface area contributed by atoms with Crippen molar-refractivity contribution in [3.63, 3.8) is 0 Å². The van der Waals surface area contributed by atoms with Gasteiger partial charge in [0.25, 0.3) is 11.6 Å². The number of hydrogen-bond donors (Lipinski definition) is 1. The van der Waals surface area contributed by atoms with Gasteiger partial charge in [-0.3, -0.25) is 14.9 Å². The number of methoxy groups -OCH3 is 1. The molecule has 0 atom stereocenters. The first-order valence-corrected chi connectivity index (χ1v) is 8.96. The number of ether oxygens (including phenoxy) is 2. The van der Waals surface area contributed by atoms with Crippen molar-refractivity contribution in [1.82, 2.24) is 0 Å². The van der Waals surface area contributed by atoms with Gasteiger partial charge in [0.15, 0.2) is 0 Å². The number of nitro benzene ring substituents is 1. The predicted molar refractivity (Wildman–Crippen MR) is 110 cm³/mol. The fourth-order valence-electron chi connectivity index (χ4n) is 2.59. The molecule has 3 aromatic carbocycles. The Morgan fingerprint density at radius 3 is 2.59 bits per heavy atom. The highest BCUT2D eigenvalue weighted by atomic mass is 35.5. The van der Waals surface area contributed by atoms with Gasteiger partial charge in [0.2, 0.25) is 0 Å². The molecule has 3 rings (SSSR count). The molecule has 0 saturated carbocycles. The van der Waals surface area contributed by atoms with Crippen LogP contribution in [0.2, 0.25) is 5.02 Å². The summed E-state index contributed by atoms with van der Waals surface area (Å²) in [5.41, 5.74) is 0.927. The summed E-state index contributed by atoms with van der Waals surface area (Å²) in [4.78, 5) is 23.3. The van der Waals surface area contributed by atoms with Crippen LogP contribution >= 0.6 is 11.6 Å². The van der Waals surface area contributed by atoms with Crippen LogP contribution in [0.5, 0.6) is 11.5 Å². The average Bonchev–Trinajstić information content (AvgIpc) is 2.73. The van der Waals surface area contributed by atoms with E-state index in [4.69, 9.17) is 21.1 Å². The van der Waals surface area contributed by atoms with Crippen molar-refractivity contribution in [3.8, 4) is 11.5 Å². The molecule has 0 heterocycles. The molecule has 0 fully saturated rings. The molecule has 0 spiro atoms. The van der Waals surface area contributed by atoms with E-state index in [0.717, 1.165) is 5.56 Å². The first-order valence-electron chi connectivity index (χ1n) is 8.58. The van der Waals surface area contributed by atoms with Gasteiger partial charge in [-0.15, -0.1) is 0 Å². The largest absolute Gasteiger partial charge is 0.496 e. The fraction of sp³-hybridized carbons (Fsp3) is 0.0952. The van der Waals surface area contributed by atoms with Gasteiger partial charge in [-0.25, -0.2) is 0 Å². The van der Waals surface area contributed by atoms with Gasteiger partial charge in [0.05, 0.1) is 18.1 Å². The van der Waals surface area contributed by atoms with Crippen LogP contribution in [0, 0.1) is 10.1 Å². The van der Waals surface area contributed by atoms with E-state index in [1.807, 2.05) is 18.2 Å². The van der Waals surface area contributed by atoms with E-state index >= 15 is 0 Å². The average molecular weight is 413 g/mol. The molecule has 1 N–H and O–H groups in total. The summed E-state index contributed by atoms with van der Waals surface area (Å²) in [7, 11) is 1.41. The Morgan fingerprint density at radius 1 is 1.07 bits per heavy atom. The lowest BCUT2D eigenvalue weighted by molar-refractivity contribution is -0.384. The Kier molecular flexibility index (Phi) is 6.31. The number of benzene rings is 3. The molecular formula is C21H17ClN2O5. The van der Waals surface area contributed by atoms with Gasteiger partial charge in [-0.05, 0) is 36.4 Å². The van der Waals surface area contributed by atoms with E-state index in [2.05, 4.69) is 5.32 Å². The monoisotopic (exact) mass is 412 g/mol. The number of anilines is 1. The molecule has 0 saturated heterocycles. The molecule has 0 bridgehead atoms. The maximum Gasteiger partial charge on any atom is 0.296 e. The van der Waals surface area contributed by atoms with E-state index in [9.17, 15) is 14.9 Å². The molecule has 0 aliphatic heterocycles. The van der Waals surface area contributed by atoms with Crippen molar-refractivity contribution >= 4 is 28.9 Å². The first kappa shape index (κ1) is 20.2. The van der Waals surface area contributed by atoms with Crippen LogP contribution in [0.15, 0.2) is 66.7 Å². The minimum atomic E-state index is -0.582. The normalized spacial score (nSPS) is 10.3. The standard InChI is InChI=1S/C21H17ClN2O5/c1-28-16-9-10-19(20(12-16)24(26)27)23-21(25)14-6-4-7-17(11-14)29-13-15-5-2-3-8-18(15)22/h2-12H,13H2,1H3,(H,23,25). The molecular weight excluding hydrogens is 396 g/mol. The summed E-state index contributed by atoms with van der Waals surface area (Å²) in [6, 6.07) is 18.0. The number of carbonyl (C=O) groups excluding carboxylic acids is 1. The minimum Gasteiger partial charge on any atom is -0.496 e. The molecule has 8 heteroatoms. The van der Waals surface area contributed by atoms with Crippen LogP contribution < -0.4 is 14.8 Å². The summed E-state index contributed by atoms with van der Waals surface area (Å²) >= 11 is 6.12. The van der Waals surface area contributed by atoms with E-state index in [0.29, 0.717) is 22.1 Å². The van der Waals surface area contributed by atoms with Crippen molar-refractivity contribution in [2.45, 2.75) is 6.61 Å². The van der Waals surface area contributed by atoms with Gasteiger partial charge in [-0.1, -0.05) is 35.9 Å². The van der Waals surface area contributed by atoms with Crippen molar-refractivity contribution < 1.29 is 19.2 Å². The lowest BCUT2D eigenvalue weighted by atomic mass is 10.2. The highest BCUT2D eigenvalue weighted by Crippen LogP contribution is 2.29. The van der Waals surface area contributed by atoms with Gasteiger partial charge in [-0.2, -0.15) is 0 Å². The van der Waals surface area contributed by atoms with Crippen LogP contribution in [0.3, 0.4) is 0 Å². The zero-order valence-corrected chi connectivity index (χ0v) is 16.2. The van der Waals surface area contributed by atoms with Crippen LogP contribution in [0.1, 0.15) is 15.9 Å². The lowest BCUT2D eigenvalue weighted by Gasteiger charge is -2.10. The Labute approximate surface area is 172 Å². The first-order chi connectivity index (χ1) is 14.0. The van der Waals surface area contributed by atoms with Gasteiger partial charge in [0, 0.05) is 16.1 Å². The Bertz CT molecular complexity index is 1050. The van der Waals surface area contributed by atoms with Crippen molar-refractivity contribution in [2.24, 2.45) is 0 Å². The Morgan fingerprint density at radius 2 is 1.86 bits per heavy atom. The zero-order chi connectivity index (χ0) is 20.8. The third-order valence-electron chi connectivity index (χ3n) is 4.10. The highest BCUT2D eigenvalue weighted by molar-refractivity contribution is 6.31. The van der Waals surface area contributed by atoms with E-state index in [-0.39, 0.29) is 18.0 Å². The molecule has 0 radical (unpaired) electrons. The third-order valence-corrected chi connectivity index (χ3v) is 4.47. The van der Waals surface area contributed by atoms with Crippen LogP contribution in [0.25, 0.3) is 0 Å². The maximum atomic E-state index is 12.6. The summed E-state index contributed by atoms with van der Waals surface area (Å²) < 4.78 is 10.7. The number of nitro groups is 1. The SMILES string of the molecule is COc1ccc(NC(=O)c2cccc(OCc3ccccc3Cl)c2)c([N+](=O)[O-])c1. The lowest BCUT2D eigenvalue weighted by Crippen LogP contribution is -2.13. The molecule has 0 aliphatic carbocycles. The fourth-order valence-corrected chi connectivity index (χ4v) is 2.78. The summed E-state index contributed by atoms with van der Waals surface area (Å²) in [5, 5.41) is 14.4. The summed E-state index contributed by atoms with van der Waals surface area (Å²) in [5.74, 6) is 0.299. The quantitative estimate of drug-likeness (QED) is 0.431. The molecule has 3 aromatic rings. The van der Waals surface area contributed by atoms with E-state index < -0.39 is 10.8 Å². The smallest absolute Gasteiger partial charge is 0.296 e. The predicted octanol–water partition coefficient (Wildman–Crippen LogP) is 5.09. The molecule has 0 aliphatic rings. The second kappa shape index (κ2) is 9.07. The third kappa shape index (κ3) is 5.03. The van der Waals surface area contributed by atoms with E-state index in [1.54, 1.807) is 30.3 Å². The molecule has 7 nitrogen and oxygen atoms in total. The molecule has 0 unspecified atom stereocenters. The highest BCUT2D eigenvalue weighted by Gasteiger charge is 2.18. The van der Waals surface area contributed by atoms with Gasteiger partial charge >= 0.3 is 0 Å². The van der Waals surface area contributed by atoms with Crippen LogP contribution in [-0.2, 0) is 6.61 Å². The number of carbonyl (C=O) groups is 1. The molecule has 0 aromatic heterocycles. The number of halogens is 1. The molecule has 148 valence electrons. The number of hydrogen-bond acceptors (Lipinski definition) is 5. The van der Waals surface area contributed by atoms with Gasteiger partial charge in [0.1, 0.15) is 23.8 Å². The van der Waals surface area contributed by atoms with E-state index in [1.165, 1.54) is 25.3 Å². The summed E-state index contributed by atoms with van der Waals surface area (Å²) in [6.45, 7) is 0.245. The van der Waals surface area contributed by atoms with Gasteiger partial charge < -0.3 is 14.8 Å². The molecule has 1 amide bonds. The van der Waals surface area contributed by atoms with Crippen LogP contribution in [-0.4, -0.2) is 17.9 Å². The summed E-state index contributed by atoms with van der Waals surface area (Å²) in [6.07, 6.45) is 0. The van der Waals surface area contributed by atoms with Crippen LogP contribution in [0.4, 0.5) is 11.4 Å². The minimum absolute atomic E-state index is 0.0724. The molecule has 29 heavy (non-hydrogen) atoms. The second-order valence-electron chi connectivity index (χ2n) is 6.00. The Balaban J connectivity index is 1.74. The maximum absolute atomic E-state index is 12.6. The number of rotatable bonds is 7. The zero-order valence-electron chi connectivity index (χ0n) is 15.4. The second-order valence-corrected chi connectivity index (χ2v) is 6.41. The number of amides is 1. The van der Waals surface area contributed by atoms with Crippen molar-refractivity contribution in [1.29, 1.82) is 0 Å². The Hall–Kier alpha value is -3.58. The van der Waals surface area contributed by atoms with Crippen molar-refractivity contribution in [2.75, 3.05) is 12.4 Å².